The van der Waals surface area contributed by atoms with Crippen molar-refractivity contribution in [3.8, 4) is 0 Å². The van der Waals surface area contributed by atoms with Crippen LogP contribution in [0.1, 0.15) is 22.9 Å². The minimum absolute atomic E-state index is 0.0108. The monoisotopic (exact) mass is 267 g/mol. The Hall–Kier alpha value is -1.32. The summed E-state index contributed by atoms with van der Waals surface area (Å²) in [6.45, 7) is 1.90. The van der Waals surface area contributed by atoms with Crippen molar-refractivity contribution in [1.29, 1.82) is 0 Å². The Morgan fingerprint density at radius 3 is 2.78 bits per heavy atom. The number of hydrogen-bond acceptors (Lipinski definition) is 2. The Morgan fingerprint density at radius 2 is 2.17 bits per heavy atom. The van der Waals surface area contributed by atoms with E-state index in [0.29, 0.717) is 12.0 Å². The van der Waals surface area contributed by atoms with Crippen LogP contribution >= 0.6 is 11.6 Å². The molecule has 0 bridgehead atoms. The summed E-state index contributed by atoms with van der Waals surface area (Å²) in [6, 6.07) is 6.98. The summed E-state index contributed by atoms with van der Waals surface area (Å²) in [7, 11) is 1.85. The van der Waals surface area contributed by atoms with E-state index < -0.39 is 0 Å². The van der Waals surface area contributed by atoms with Crippen LogP contribution in [0, 0.1) is 12.7 Å². The highest BCUT2D eigenvalue weighted by Gasteiger charge is 2.17. The molecule has 0 aliphatic rings. The van der Waals surface area contributed by atoms with Crippen molar-refractivity contribution >= 4 is 11.6 Å². The van der Waals surface area contributed by atoms with E-state index in [0.717, 1.165) is 11.3 Å². The van der Waals surface area contributed by atoms with Gasteiger partial charge in [0.1, 0.15) is 11.6 Å². The molecule has 1 heterocycles. The van der Waals surface area contributed by atoms with Crippen LogP contribution in [0.4, 0.5) is 4.39 Å². The number of hydrogen-bond donors (Lipinski definition) is 1. The molecule has 4 heteroatoms. The van der Waals surface area contributed by atoms with Crippen LogP contribution in [0.3, 0.4) is 0 Å². The second-order valence-electron chi connectivity index (χ2n) is 4.19. The van der Waals surface area contributed by atoms with Gasteiger partial charge in [-0.15, -0.1) is 0 Å². The normalized spacial score (nSPS) is 12.7. The van der Waals surface area contributed by atoms with Crippen LogP contribution in [-0.2, 0) is 6.42 Å². The van der Waals surface area contributed by atoms with E-state index in [1.807, 2.05) is 20.0 Å². The molecule has 0 radical (unpaired) electrons. The molecular formula is C14H15ClFNO. The molecule has 1 unspecified atom stereocenters. The van der Waals surface area contributed by atoms with Gasteiger partial charge >= 0.3 is 0 Å². The first-order chi connectivity index (χ1) is 8.63. The first-order valence-electron chi connectivity index (χ1n) is 5.77. The second-order valence-corrected chi connectivity index (χ2v) is 4.60. The summed E-state index contributed by atoms with van der Waals surface area (Å²) in [5.74, 6) is 0.498. The maximum Gasteiger partial charge on any atom is 0.145 e. The number of rotatable bonds is 4. The average Bonchev–Trinajstić information content (AvgIpc) is 2.77. The van der Waals surface area contributed by atoms with Gasteiger partial charge in [0, 0.05) is 11.6 Å². The standard InChI is InChI=1S/C14H15ClFNO/c1-9-11(6-7-18-9)13(17-2)8-10-4-3-5-12(15)14(10)16/h3-7,13,17H,8H2,1-2H3. The number of halogens is 2. The molecule has 96 valence electrons. The average molecular weight is 268 g/mol. The van der Waals surface area contributed by atoms with Gasteiger partial charge in [-0.3, -0.25) is 0 Å². The number of likely N-dealkylation sites (N-methyl/N-ethyl adjacent to an activating group) is 1. The number of benzene rings is 1. The van der Waals surface area contributed by atoms with Crippen molar-refractivity contribution in [1.82, 2.24) is 5.32 Å². The van der Waals surface area contributed by atoms with Gasteiger partial charge in [0.25, 0.3) is 0 Å². The molecule has 1 aromatic carbocycles. The molecule has 0 saturated carbocycles. The van der Waals surface area contributed by atoms with Crippen molar-refractivity contribution in [2.24, 2.45) is 0 Å². The fourth-order valence-electron chi connectivity index (χ4n) is 2.05. The molecule has 0 spiro atoms. The van der Waals surface area contributed by atoms with Crippen LogP contribution in [-0.4, -0.2) is 7.05 Å². The van der Waals surface area contributed by atoms with E-state index in [1.165, 1.54) is 0 Å². The molecule has 0 fully saturated rings. The van der Waals surface area contributed by atoms with Gasteiger partial charge in [-0.05, 0) is 38.1 Å². The molecule has 2 aromatic rings. The smallest absolute Gasteiger partial charge is 0.145 e. The number of furan rings is 1. The Kier molecular flexibility index (Phi) is 4.04. The van der Waals surface area contributed by atoms with Gasteiger partial charge in [0.05, 0.1) is 11.3 Å². The summed E-state index contributed by atoms with van der Waals surface area (Å²) in [5, 5.41) is 3.33. The van der Waals surface area contributed by atoms with E-state index in [4.69, 9.17) is 16.0 Å². The first-order valence-corrected chi connectivity index (χ1v) is 6.15. The van der Waals surface area contributed by atoms with E-state index in [9.17, 15) is 4.39 Å². The van der Waals surface area contributed by atoms with Crippen molar-refractivity contribution in [3.05, 3.63) is 58.3 Å². The second kappa shape index (κ2) is 5.55. The molecule has 0 amide bonds. The zero-order valence-electron chi connectivity index (χ0n) is 10.3. The van der Waals surface area contributed by atoms with Crippen LogP contribution < -0.4 is 5.32 Å². The molecule has 2 rings (SSSR count). The van der Waals surface area contributed by atoms with Gasteiger partial charge in [0.15, 0.2) is 0 Å². The molecule has 2 nitrogen and oxygen atoms in total. The summed E-state index contributed by atoms with van der Waals surface area (Å²) in [5.41, 5.74) is 1.64. The van der Waals surface area contributed by atoms with Crippen LogP contribution in [0.2, 0.25) is 5.02 Å². The maximum atomic E-state index is 13.9. The van der Waals surface area contributed by atoms with Gasteiger partial charge in [0.2, 0.25) is 0 Å². The van der Waals surface area contributed by atoms with Gasteiger partial charge < -0.3 is 9.73 Å². The SMILES string of the molecule is CNC(Cc1cccc(Cl)c1F)c1ccoc1C. The fourth-order valence-corrected chi connectivity index (χ4v) is 2.24. The summed E-state index contributed by atoms with van der Waals surface area (Å²) in [4.78, 5) is 0. The Bertz CT molecular complexity index is 538. The molecular weight excluding hydrogens is 253 g/mol. The van der Waals surface area contributed by atoms with Crippen molar-refractivity contribution in [2.75, 3.05) is 7.05 Å². The van der Waals surface area contributed by atoms with Crippen molar-refractivity contribution < 1.29 is 8.81 Å². The van der Waals surface area contributed by atoms with Crippen molar-refractivity contribution in [2.45, 2.75) is 19.4 Å². The third-order valence-electron chi connectivity index (χ3n) is 3.08. The summed E-state index contributed by atoms with van der Waals surface area (Å²) in [6.07, 6.45) is 2.17. The molecule has 18 heavy (non-hydrogen) atoms. The number of aryl methyl sites for hydroxylation is 1. The van der Waals surface area contributed by atoms with Gasteiger partial charge in [-0.1, -0.05) is 23.7 Å². The van der Waals surface area contributed by atoms with E-state index in [1.54, 1.807) is 24.5 Å². The van der Waals surface area contributed by atoms with Crippen molar-refractivity contribution in [3.63, 3.8) is 0 Å². The zero-order valence-corrected chi connectivity index (χ0v) is 11.1. The van der Waals surface area contributed by atoms with Crippen LogP contribution in [0.25, 0.3) is 0 Å². The van der Waals surface area contributed by atoms with Gasteiger partial charge in [-0.2, -0.15) is 0 Å². The topological polar surface area (TPSA) is 25.2 Å². The first kappa shape index (κ1) is 13.1. The lowest BCUT2D eigenvalue weighted by molar-refractivity contribution is 0.507. The lowest BCUT2D eigenvalue weighted by Crippen LogP contribution is -2.19. The lowest BCUT2D eigenvalue weighted by Gasteiger charge is -2.16. The zero-order chi connectivity index (χ0) is 13.1. The molecule has 0 aliphatic heterocycles. The minimum Gasteiger partial charge on any atom is -0.469 e. The van der Waals surface area contributed by atoms with E-state index >= 15 is 0 Å². The highest BCUT2D eigenvalue weighted by molar-refractivity contribution is 6.30. The molecule has 1 N–H and O–H groups in total. The quantitative estimate of drug-likeness (QED) is 0.909. The maximum absolute atomic E-state index is 13.9. The van der Waals surface area contributed by atoms with Crippen LogP contribution in [0.15, 0.2) is 34.9 Å². The summed E-state index contributed by atoms with van der Waals surface area (Å²) >= 11 is 5.78. The molecule has 0 aliphatic carbocycles. The molecule has 0 saturated heterocycles. The predicted octanol–water partition coefficient (Wildman–Crippen LogP) is 3.88. The third-order valence-corrected chi connectivity index (χ3v) is 3.37. The fraction of sp³-hybridized carbons (Fsp3) is 0.286. The Balaban J connectivity index is 2.26. The van der Waals surface area contributed by atoms with Gasteiger partial charge in [-0.25, -0.2) is 4.39 Å². The van der Waals surface area contributed by atoms with Crippen LogP contribution in [0.5, 0.6) is 0 Å². The minimum atomic E-state index is -0.347. The Morgan fingerprint density at radius 1 is 1.39 bits per heavy atom. The third kappa shape index (κ3) is 2.57. The highest BCUT2D eigenvalue weighted by atomic mass is 35.5. The largest absolute Gasteiger partial charge is 0.469 e. The van der Waals surface area contributed by atoms with E-state index in [2.05, 4.69) is 5.32 Å². The molecule has 1 aromatic heterocycles. The number of nitrogens with one attached hydrogen (secondary N) is 1. The summed E-state index contributed by atoms with van der Waals surface area (Å²) < 4.78 is 19.1. The van der Waals surface area contributed by atoms with E-state index in [-0.39, 0.29) is 16.9 Å². The molecule has 1 atom stereocenters. The Labute approximate surface area is 111 Å². The lowest BCUT2D eigenvalue weighted by atomic mass is 9.99. The highest BCUT2D eigenvalue weighted by Crippen LogP contribution is 2.25. The predicted molar refractivity (Wildman–Crippen MR) is 70.4 cm³/mol.